The Labute approximate surface area is 88.7 Å². The standard InChI is InChI=1S/C12H14O3/c1-12(7-10(12)11(13)14)8-4-3-5-9(6-8)15-2/h3-6,10H,7H2,1-2H3,(H,13,14)/t10-,12-/m1/s1. The average molecular weight is 206 g/mol. The second kappa shape index (κ2) is 3.26. The van der Waals surface area contributed by atoms with Crippen LogP contribution in [0.3, 0.4) is 0 Å². The molecule has 0 aromatic heterocycles. The van der Waals surface area contributed by atoms with Crippen molar-refractivity contribution < 1.29 is 14.6 Å². The minimum Gasteiger partial charge on any atom is -0.497 e. The third-order valence-electron chi connectivity index (χ3n) is 3.26. The Balaban J connectivity index is 2.27. The zero-order chi connectivity index (χ0) is 11.1. The molecule has 15 heavy (non-hydrogen) atoms. The van der Waals surface area contributed by atoms with Crippen LogP contribution in [0.4, 0.5) is 0 Å². The van der Waals surface area contributed by atoms with E-state index in [9.17, 15) is 4.79 Å². The van der Waals surface area contributed by atoms with Crippen LogP contribution < -0.4 is 4.74 Å². The fourth-order valence-corrected chi connectivity index (χ4v) is 2.02. The highest BCUT2D eigenvalue weighted by Gasteiger charge is 2.55. The molecular formula is C12H14O3. The van der Waals surface area contributed by atoms with Crippen molar-refractivity contribution in [3.63, 3.8) is 0 Å². The van der Waals surface area contributed by atoms with E-state index in [0.29, 0.717) is 0 Å². The van der Waals surface area contributed by atoms with Gasteiger partial charge in [0.1, 0.15) is 5.75 Å². The number of carbonyl (C=O) groups is 1. The van der Waals surface area contributed by atoms with E-state index in [0.717, 1.165) is 17.7 Å². The highest BCUT2D eigenvalue weighted by molar-refractivity contribution is 5.77. The number of hydrogen-bond donors (Lipinski definition) is 1. The molecule has 3 heteroatoms. The quantitative estimate of drug-likeness (QED) is 0.823. The van der Waals surface area contributed by atoms with Crippen LogP contribution >= 0.6 is 0 Å². The summed E-state index contributed by atoms with van der Waals surface area (Å²) in [5, 5.41) is 8.95. The number of methoxy groups -OCH3 is 1. The summed E-state index contributed by atoms with van der Waals surface area (Å²) in [6, 6.07) is 7.65. The molecule has 2 atom stereocenters. The predicted octanol–water partition coefficient (Wildman–Crippen LogP) is 2.06. The lowest BCUT2D eigenvalue weighted by Crippen LogP contribution is -2.10. The number of hydrogen-bond acceptors (Lipinski definition) is 2. The minimum absolute atomic E-state index is 0.208. The van der Waals surface area contributed by atoms with Gasteiger partial charge in [-0.25, -0.2) is 0 Å². The highest BCUT2D eigenvalue weighted by Crippen LogP contribution is 2.54. The summed E-state index contributed by atoms with van der Waals surface area (Å²) in [4.78, 5) is 10.9. The number of rotatable bonds is 3. The lowest BCUT2D eigenvalue weighted by molar-refractivity contribution is -0.138. The van der Waals surface area contributed by atoms with Crippen molar-refractivity contribution in [2.24, 2.45) is 5.92 Å². The van der Waals surface area contributed by atoms with Gasteiger partial charge in [-0.2, -0.15) is 0 Å². The molecule has 1 aliphatic rings. The molecule has 1 saturated carbocycles. The van der Waals surface area contributed by atoms with Crippen molar-refractivity contribution in [1.29, 1.82) is 0 Å². The van der Waals surface area contributed by atoms with Crippen molar-refractivity contribution in [2.45, 2.75) is 18.8 Å². The van der Waals surface area contributed by atoms with Crippen LogP contribution in [0.5, 0.6) is 5.75 Å². The largest absolute Gasteiger partial charge is 0.497 e. The van der Waals surface area contributed by atoms with Crippen molar-refractivity contribution in [3.05, 3.63) is 29.8 Å². The van der Waals surface area contributed by atoms with Gasteiger partial charge in [-0.3, -0.25) is 4.79 Å². The van der Waals surface area contributed by atoms with E-state index in [1.165, 1.54) is 0 Å². The molecule has 0 spiro atoms. The van der Waals surface area contributed by atoms with Crippen LogP contribution in [0.25, 0.3) is 0 Å². The number of carboxylic acid groups (broad SMARTS) is 1. The van der Waals surface area contributed by atoms with Gasteiger partial charge in [-0.1, -0.05) is 19.1 Å². The number of ether oxygens (including phenoxy) is 1. The first-order valence-electron chi connectivity index (χ1n) is 4.95. The van der Waals surface area contributed by atoms with E-state index in [-0.39, 0.29) is 11.3 Å². The SMILES string of the molecule is COc1cccc([C@@]2(C)C[C@@H]2C(=O)O)c1. The third-order valence-corrected chi connectivity index (χ3v) is 3.26. The van der Waals surface area contributed by atoms with E-state index in [1.807, 2.05) is 31.2 Å². The van der Waals surface area contributed by atoms with Crippen LogP contribution in [0.1, 0.15) is 18.9 Å². The number of aliphatic carboxylic acids is 1. The van der Waals surface area contributed by atoms with Crippen molar-refractivity contribution in [1.82, 2.24) is 0 Å². The maximum absolute atomic E-state index is 10.9. The molecule has 1 N–H and O–H groups in total. The Hall–Kier alpha value is -1.51. The van der Waals surface area contributed by atoms with Crippen molar-refractivity contribution in [3.8, 4) is 5.75 Å². The van der Waals surface area contributed by atoms with Gasteiger partial charge in [0, 0.05) is 5.41 Å². The Morgan fingerprint density at radius 3 is 2.87 bits per heavy atom. The highest BCUT2D eigenvalue weighted by atomic mass is 16.5. The first kappa shape index (κ1) is 10.0. The fourth-order valence-electron chi connectivity index (χ4n) is 2.02. The van der Waals surface area contributed by atoms with Crippen LogP contribution in [-0.2, 0) is 10.2 Å². The maximum atomic E-state index is 10.9. The summed E-state index contributed by atoms with van der Waals surface area (Å²) in [5.74, 6) is -0.172. The molecule has 0 radical (unpaired) electrons. The lowest BCUT2D eigenvalue weighted by Gasteiger charge is -2.11. The van der Waals surface area contributed by atoms with E-state index in [4.69, 9.17) is 9.84 Å². The maximum Gasteiger partial charge on any atom is 0.307 e. The van der Waals surface area contributed by atoms with Crippen LogP contribution in [-0.4, -0.2) is 18.2 Å². The lowest BCUT2D eigenvalue weighted by atomic mass is 9.95. The van der Waals surface area contributed by atoms with Gasteiger partial charge >= 0.3 is 5.97 Å². The van der Waals surface area contributed by atoms with Gasteiger partial charge in [0.05, 0.1) is 13.0 Å². The first-order chi connectivity index (χ1) is 7.08. The zero-order valence-electron chi connectivity index (χ0n) is 8.86. The molecule has 0 amide bonds. The van der Waals surface area contributed by atoms with Gasteiger partial charge in [0.25, 0.3) is 0 Å². The molecule has 0 unspecified atom stereocenters. The average Bonchev–Trinajstić information content (AvgIpc) is 2.93. The first-order valence-corrected chi connectivity index (χ1v) is 4.95. The summed E-state index contributed by atoms with van der Waals surface area (Å²) in [6.07, 6.45) is 0.718. The Kier molecular flexibility index (Phi) is 2.18. The van der Waals surface area contributed by atoms with Gasteiger partial charge in [0.2, 0.25) is 0 Å². The summed E-state index contributed by atoms with van der Waals surface area (Å²) in [7, 11) is 1.61. The molecule has 1 fully saturated rings. The topological polar surface area (TPSA) is 46.5 Å². The van der Waals surface area contributed by atoms with Gasteiger partial charge < -0.3 is 9.84 Å². The molecule has 1 aromatic carbocycles. The van der Waals surface area contributed by atoms with Crippen molar-refractivity contribution in [2.75, 3.05) is 7.11 Å². The predicted molar refractivity (Wildman–Crippen MR) is 56.1 cm³/mol. The molecule has 2 rings (SSSR count). The van der Waals surface area contributed by atoms with E-state index < -0.39 is 5.97 Å². The molecule has 0 aliphatic heterocycles. The Morgan fingerprint density at radius 2 is 2.33 bits per heavy atom. The Bertz CT molecular complexity index is 400. The van der Waals surface area contributed by atoms with Crippen LogP contribution in [0, 0.1) is 5.92 Å². The monoisotopic (exact) mass is 206 g/mol. The summed E-state index contributed by atoms with van der Waals surface area (Å²) < 4.78 is 5.13. The fraction of sp³-hybridized carbons (Fsp3) is 0.417. The summed E-state index contributed by atoms with van der Waals surface area (Å²) in [6.45, 7) is 1.99. The molecule has 0 saturated heterocycles. The molecular weight excluding hydrogens is 192 g/mol. The van der Waals surface area contributed by atoms with Crippen LogP contribution in [0.15, 0.2) is 24.3 Å². The molecule has 1 aromatic rings. The Morgan fingerprint density at radius 1 is 1.60 bits per heavy atom. The van der Waals surface area contributed by atoms with Gasteiger partial charge in [-0.15, -0.1) is 0 Å². The molecule has 1 aliphatic carbocycles. The third kappa shape index (κ3) is 1.58. The molecule has 0 bridgehead atoms. The smallest absolute Gasteiger partial charge is 0.307 e. The molecule has 3 nitrogen and oxygen atoms in total. The van der Waals surface area contributed by atoms with Crippen LogP contribution in [0.2, 0.25) is 0 Å². The summed E-state index contributed by atoms with van der Waals surface area (Å²) >= 11 is 0. The normalized spacial score (nSPS) is 28.5. The zero-order valence-corrected chi connectivity index (χ0v) is 8.86. The number of carboxylic acids is 1. The second-order valence-electron chi connectivity index (χ2n) is 4.24. The molecule has 0 heterocycles. The number of benzene rings is 1. The van der Waals surface area contributed by atoms with Crippen molar-refractivity contribution >= 4 is 5.97 Å². The second-order valence-corrected chi connectivity index (χ2v) is 4.24. The minimum atomic E-state index is -0.708. The van der Waals surface area contributed by atoms with E-state index >= 15 is 0 Å². The van der Waals surface area contributed by atoms with E-state index in [1.54, 1.807) is 7.11 Å². The van der Waals surface area contributed by atoms with E-state index in [2.05, 4.69) is 0 Å². The van der Waals surface area contributed by atoms with Gasteiger partial charge in [0.15, 0.2) is 0 Å². The van der Waals surface area contributed by atoms with Gasteiger partial charge in [-0.05, 0) is 24.1 Å². The summed E-state index contributed by atoms with van der Waals surface area (Å²) in [5.41, 5.74) is 0.842. The molecule has 80 valence electrons.